The molecule has 2 N–H and O–H groups in total. The van der Waals surface area contributed by atoms with Crippen LogP contribution < -0.4 is 5.32 Å². The highest BCUT2D eigenvalue weighted by Crippen LogP contribution is 2.10. The van der Waals surface area contributed by atoms with Gasteiger partial charge in [0.1, 0.15) is 0 Å². The van der Waals surface area contributed by atoms with Gasteiger partial charge in [-0.2, -0.15) is 0 Å². The number of halogens is 1. The lowest BCUT2D eigenvalue weighted by Crippen LogP contribution is -2.33. The number of hydrogen-bond donors (Lipinski definition) is 2. The van der Waals surface area contributed by atoms with Crippen LogP contribution in [0.2, 0.25) is 5.02 Å². The van der Waals surface area contributed by atoms with Gasteiger partial charge in [-0.15, -0.1) is 0 Å². The third-order valence-electron chi connectivity index (χ3n) is 1.96. The Morgan fingerprint density at radius 3 is 2.69 bits per heavy atom. The molecule has 16 heavy (non-hydrogen) atoms. The number of benzene rings is 1. The van der Waals surface area contributed by atoms with Crippen molar-refractivity contribution in [2.75, 3.05) is 6.61 Å². The van der Waals surface area contributed by atoms with Crippen molar-refractivity contribution in [1.29, 1.82) is 0 Å². The number of carbonyl (C=O) groups is 1. The Morgan fingerprint density at radius 2 is 2.12 bits per heavy atom. The minimum absolute atomic E-state index is 0.0689. The molecule has 0 bridgehead atoms. The van der Waals surface area contributed by atoms with Gasteiger partial charge in [0.05, 0.1) is 6.61 Å². The highest BCUT2D eigenvalue weighted by Gasteiger charge is 2.01. The fraction of sp³-hybridized carbons (Fsp3) is 0.250. The maximum absolute atomic E-state index is 11.3. The molecule has 0 spiro atoms. The Labute approximate surface area is 99.7 Å². The van der Waals surface area contributed by atoms with E-state index in [9.17, 15) is 4.79 Å². The molecule has 1 atom stereocenters. The third-order valence-corrected chi connectivity index (χ3v) is 2.21. The van der Waals surface area contributed by atoms with E-state index in [1.807, 2.05) is 12.1 Å². The van der Waals surface area contributed by atoms with Gasteiger partial charge in [-0.3, -0.25) is 4.79 Å². The van der Waals surface area contributed by atoms with E-state index in [4.69, 9.17) is 16.7 Å². The lowest BCUT2D eigenvalue weighted by atomic mass is 10.2. The van der Waals surface area contributed by atoms with Crippen LogP contribution in [-0.2, 0) is 4.79 Å². The summed E-state index contributed by atoms with van der Waals surface area (Å²) < 4.78 is 0. The summed E-state index contributed by atoms with van der Waals surface area (Å²) in [7, 11) is 0. The van der Waals surface area contributed by atoms with E-state index in [0.29, 0.717) is 5.02 Å². The minimum atomic E-state index is -0.234. The first-order valence-electron chi connectivity index (χ1n) is 4.97. The predicted octanol–water partition coefficient (Wildman–Crippen LogP) is 1.85. The van der Waals surface area contributed by atoms with Crippen LogP contribution in [0.3, 0.4) is 0 Å². The number of aliphatic hydroxyl groups excluding tert-OH is 1. The zero-order valence-corrected chi connectivity index (χ0v) is 9.74. The Morgan fingerprint density at radius 1 is 1.50 bits per heavy atom. The number of hydrogen-bond acceptors (Lipinski definition) is 2. The molecule has 3 nitrogen and oxygen atoms in total. The van der Waals surface area contributed by atoms with Crippen molar-refractivity contribution in [3.8, 4) is 0 Å². The molecule has 0 heterocycles. The largest absolute Gasteiger partial charge is 0.394 e. The molecule has 1 amide bonds. The van der Waals surface area contributed by atoms with Gasteiger partial charge < -0.3 is 10.4 Å². The number of amides is 1. The molecular formula is C12H14ClNO2. The topological polar surface area (TPSA) is 49.3 Å². The van der Waals surface area contributed by atoms with Gasteiger partial charge in [0.2, 0.25) is 5.91 Å². The van der Waals surface area contributed by atoms with Crippen molar-refractivity contribution >= 4 is 23.6 Å². The average molecular weight is 240 g/mol. The van der Waals surface area contributed by atoms with Crippen molar-refractivity contribution in [2.24, 2.45) is 0 Å². The molecule has 0 saturated carbocycles. The monoisotopic (exact) mass is 239 g/mol. The first-order chi connectivity index (χ1) is 7.61. The molecule has 0 aliphatic carbocycles. The predicted molar refractivity (Wildman–Crippen MR) is 65.2 cm³/mol. The van der Waals surface area contributed by atoms with Gasteiger partial charge in [0.15, 0.2) is 0 Å². The summed E-state index contributed by atoms with van der Waals surface area (Å²) in [6, 6.07) is 6.93. The van der Waals surface area contributed by atoms with E-state index in [-0.39, 0.29) is 18.6 Å². The van der Waals surface area contributed by atoms with Crippen LogP contribution in [0, 0.1) is 0 Å². The quantitative estimate of drug-likeness (QED) is 0.788. The Bertz CT molecular complexity index is 373. The van der Waals surface area contributed by atoms with Gasteiger partial charge in [0, 0.05) is 17.1 Å². The number of rotatable bonds is 4. The van der Waals surface area contributed by atoms with Crippen molar-refractivity contribution in [1.82, 2.24) is 5.32 Å². The zero-order chi connectivity index (χ0) is 12.0. The summed E-state index contributed by atoms with van der Waals surface area (Å²) in [4.78, 5) is 11.3. The second-order valence-corrected chi connectivity index (χ2v) is 3.91. The van der Waals surface area contributed by atoms with Gasteiger partial charge in [-0.1, -0.05) is 23.7 Å². The van der Waals surface area contributed by atoms with Crippen molar-refractivity contribution in [3.63, 3.8) is 0 Å². The second-order valence-electron chi connectivity index (χ2n) is 3.48. The second kappa shape index (κ2) is 6.30. The Hall–Kier alpha value is -1.32. The third kappa shape index (κ3) is 4.47. The number of aliphatic hydroxyl groups is 1. The molecule has 0 saturated heterocycles. The van der Waals surface area contributed by atoms with Crippen LogP contribution in [0.5, 0.6) is 0 Å². The first-order valence-corrected chi connectivity index (χ1v) is 5.34. The highest BCUT2D eigenvalue weighted by atomic mass is 35.5. The molecule has 0 unspecified atom stereocenters. The van der Waals surface area contributed by atoms with E-state index in [0.717, 1.165) is 5.56 Å². The van der Waals surface area contributed by atoms with Crippen molar-refractivity contribution < 1.29 is 9.90 Å². The van der Waals surface area contributed by atoms with E-state index < -0.39 is 0 Å². The summed E-state index contributed by atoms with van der Waals surface area (Å²) in [6.07, 6.45) is 3.12. The van der Waals surface area contributed by atoms with Gasteiger partial charge in [-0.25, -0.2) is 0 Å². The summed E-state index contributed by atoms with van der Waals surface area (Å²) in [5, 5.41) is 12.0. The van der Waals surface area contributed by atoms with E-state index in [1.54, 1.807) is 25.1 Å². The zero-order valence-electron chi connectivity index (χ0n) is 8.98. The van der Waals surface area contributed by atoms with Gasteiger partial charge in [0.25, 0.3) is 0 Å². The lowest BCUT2D eigenvalue weighted by Gasteiger charge is -2.07. The summed E-state index contributed by atoms with van der Waals surface area (Å²) in [5.41, 5.74) is 0.899. The number of nitrogens with one attached hydrogen (secondary N) is 1. The molecule has 0 radical (unpaired) electrons. The summed E-state index contributed by atoms with van der Waals surface area (Å²) >= 11 is 5.73. The van der Waals surface area contributed by atoms with Gasteiger partial charge in [-0.05, 0) is 30.7 Å². The molecule has 0 fully saturated rings. The van der Waals surface area contributed by atoms with Crippen LogP contribution in [0.4, 0.5) is 0 Å². The average Bonchev–Trinajstić information content (AvgIpc) is 2.28. The first kappa shape index (κ1) is 12.7. The fourth-order valence-corrected chi connectivity index (χ4v) is 1.21. The SMILES string of the molecule is C[C@@H](CO)NC(=O)C=Cc1ccc(Cl)cc1. The van der Waals surface area contributed by atoms with Crippen LogP contribution >= 0.6 is 11.6 Å². The van der Waals surface area contributed by atoms with Crippen LogP contribution in [0.25, 0.3) is 6.08 Å². The molecule has 0 aromatic heterocycles. The standard InChI is InChI=1S/C12H14ClNO2/c1-9(8-15)14-12(16)7-4-10-2-5-11(13)6-3-10/h2-7,9,15H,8H2,1H3,(H,14,16)/t9-/m0/s1. The van der Waals surface area contributed by atoms with E-state index in [2.05, 4.69) is 5.32 Å². The molecule has 1 rings (SSSR count). The maximum atomic E-state index is 11.3. The van der Waals surface area contributed by atoms with Crippen LogP contribution in [-0.4, -0.2) is 23.7 Å². The van der Waals surface area contributed by atoms with Crippen LogP contribution in [0.15, 0.2) is 30.3 Å². The minimum Gasteiger partial charge on any atom is -0.394 e. The summed E-state index contributed by atoms with van der Waals surface area (Å²) in [5.74, 6) is -0.225. The maximum Gasteiger partial charge on any atom is 0.244 e. The number of carbonyl (C=O) groups excluding carboxylic acids is 1. The smallest absolute Gasteiger partial charge is 0.244 e. The van der Waals surface area contributed by atoms with Gasteiger partial charge >= 0.3 is 0 Å². The molecule has 0 aliphatic rings. The lowest BCUT2D eigenvalue weighted by molar-refractivity contribution is -0.117. The van der Waals surface area contributed by atoms with Crippen molar-refractivity contribution in [3.05, 3.63) is 40.9 Å². The molecule has 1 aromatic carbocycles. The molecule has 4 heteroatoms. The van der Waals surface area contributed by atoms with E-state index >= 15 is 0 Å². The molecule has 86 valence electrons. The summed E-state index contributed by atoms with van der Waals surface area (Å²) in [6.45, 7) is 1.66. The Balaban J connectivity index is 2.53. The highest BCUT2D eigenvalue weighted by molar-refractivity contribution is 6.30. The normalized spacial score (nSPS) is 12.7. The molecule has 0 aliphatic heterocycles. The fourth-order valence-electron chi connectivity index (χ4n) is 1.08. The molecular weight excluding hydrogens is 226 g/mol. The van der Waals surface area contributed by atoms with E-state index in [1.165, 1.54) is 6.08 Å². The van der Waals surface area contributed by atoms with Crippen LogP contribution in [0.1, 0.15) is 12.5 Å². The Kier molecular flexibility index (Phi) is 5.02. The van der Waals surface area contributed by atoms with Crippen molar-refractivity contribution in [2.45, 2.75) is 13.0 Å². The molecule has 1 aromatic rings.